The first-order chi connectivity index (χ1) is 13.9. The largest absolute Gasteiger partial charge is 0.467 e. The lowest BCUT2D eigenvalue weighted by Crippen LogP contribution is -2.40. The van der Waals surface area contributed by atoms with Crippen molar-refractivity contribution in [2.75, 3.05) is 0 Å². The molecular weight excluding hydrogens is 403 g/mol. The van der Waals surface area contributed by atoms with E-state index < -0.39 is 37.6 Å². The van der Waals surface area contributed by atoms with E-state index in [0.717, 1.165) is 0 Å². The number of hydrogen-bond acceptors (Lipinski definition) is 7. The van der Waals surface area contributed by atoms with Gasteiger partial charge in [0.05, 0.1) is 20.2 Å². The monoisotopic (exact) mass is 417 g/mol. The SMILES string of the molecule is [B]C([B])(c1ccccc1)S(=O)(=O)OC1=C(N)O[C@]([B])(c2ccc(C(C)=O)cc2)C1=O. The highest BCUT2D eigenvalue weighted by Gasteiger charge is 2.50. The summed E-state index contributed by atoms with van der Waals surface area (Å²) < 4.78 is 33.1. The standard InChI is InChI=1S/C19H14B3NO6S/c1-11(24)12-7-9-13(10-8-12)18(20)16(25)15(17(23)28-18)29-30(26,27)19(21,22)14-5-3-2-4-6-14/h2-10H,23H2,1H3/t18-/m1/s1. The van der Waals surface area contributed by atoms with Crippen LogP contribution >= 0.6 is 0 Å². The van der Waals surface area contributed by atoms with Crippen molar-refractivity contribution < 1.29 is 26.9 Å². The first-order valence-electron chi connectivity index (χ1n) is 8.61. The summed E-state index contributed by atoms with van der Waals surface area (Å²) in [6.45, 7) is 1.37. The van der Waals surface area contributed by atoms with E-state index in [4.69, 9.17) is 38.2 Å². The van der Waals surface area contributed by atoms with E-state index in [1.807, 2.05) is 0 Å². The Labute approximate surface area is 178 Å². The van der Waals surface area contributed by atoms with Gasteiger partial charge in [-0.15, -0.1) is 0 Å². The Bertz CT molecular complexity index is 1150. The van der Waals surface area contributed by atoms with Crippen LogP contribution in [-0.4, -0.2) is 43.5 Å². The number of benzene rings is 2. The van der Waals surface area contributed by atoms with Crippen LogP contribution in [0.1, 0.15) is 28.4 Å². The van der Waals surface area contributed by atoms with Crippen LogP contribution < -0.4 is 5.73 Å². The van der Waals surface area contributed by atoms with Gasteiger partial charge in [0.2, 0.25) is 17.4 Å². The van der Waals surface area contributed by atoms with E-state index in [0.29, 0.717) is 5.56 Å². The van der Waals surface area contributed by atoms with Gasteiger partial charge in [0.25, 0.3) is 0 Å². The molecule has 0 fully saturated rings. The molecule has 1 heterocycles. The Hall–Kier alpha value is -2.94. The van der Waals surface area contributed by atoms with Crippen LogP contribution in [0, 0.1) is 0 Å². The number of ether oxygens (including phenoxy) is 1. The molecule has 1 aliphatic heterocycles. The van der Waals surface area contributed by atoms with Crippen molar-refractivity contribution >= 4 is 45.2 Å². The van der Waals surface area contributed by atoms with Gasteiger partial charge in [-0.3, -0.25) is 9.59 Å². The zero-order valence-electron chi connectivity index (χ0n) is 15.9. The second-order valence-electron chi connectivity index (χ2n) is 6.69. The smallest absolute Gasteiger partial charge is 0.302 e. The van der Waals surface area contributed by atoms with Gasteiger partial charge in [0.15, 0.2) is 11.3 Å². The van der Waals surface area contributed by atoms with E-state index in [9.17, 15) is 18.0 Å². The number of hydrogen-bond donors (Lipinski definition) is 1. The van der Waals surface area contributed by atoms with Gasteiger partial charge < -0.3 is 14.7 Å². The van der Waals surface area contributed by atoms with Crippen molar-refractivity contribution in [1.29, 1.82) is 0 Å². The molecule has 0 bridgehead atoms. The predicted molar refractivity (Wildman–Crippen MR) is 111 cm³/mol. The van der Waals surface area contributed by atoms with Crippen LogP contribution in [-0.2, 0) is 33.9 Å². The van der Waals surface area contributed by atoms with Crippen LogP contribution in [0.2, 0.25) is 0 Å². The Balaban J connectivity index is 1.91. The molecule has 0 amide bonds. The lowest BCUT2D eigenvalue weighted by atomic mass is 9.65. The maximum absolute atomic E-state index is 12.9. The Morgan fingerprint density at radius 3 is 2.20 bits per heavy atom. The molecule has 0 saturated heterocycles. The highest BCUT2D eigenvalue weighted by atomic mass is 32.2. The molecule has 146 valence electrons. The lowest BCUT2D eigenvalue weighted by molar-refractivity contribution is -0.126. The molecule has 7 nitrogen and oxygen atoms in total. The second kappa shape index (κ2) is 7.39. The fourth-order valence-electron chi connectivity index (χ4n) is 2.79. The predicted octanol–water partition coefficient (Wildman–Crippen LogP) is 0.431. The van der Waals surface area contributed by atoms with Crippen LogP contribution in [0.15, 0.2) is 66.2 Å². The summed E-state index contributed by atoms with van der Waals surface area (Å²) in [6, 6.07) is 13.1. The van der Waals surface area contributed by atoms with Gasteiger partial charge in [-0.05, 0) is 18.1 Å². The number of carbonyl (C=O) groups excluding carboxylic acids is 2. The highest BCUT2D eigenvalue weighted by molar-refractivity contribution is 7.90. The number of carbonyl (C=O) groups is 2. The molecule has 3 rings (SSSR count). The zero-order valence-corrected chi connectivity index (χ0v) is 16.7. The Morgan fingerprint density at radius 1 is 1.10 bits per heavy atom. The highest BCUT2D eigenvalue weighted by Crippen LogP contribution is 2.38. The fraction of sp³-hybridized carbons (Fsp3) is 0.158. The first-order valence-corrected chi connectivity index (χ1v) is 10.0. The number of Topliss-reactive ketones (excluding diaryl/α,β-unsaturated/α-hetero) is 2. The average Bonchev–Trinajstić information content (AvgIpc) is 2.92. The molecule has 0 spiro atoms. The van der Waals surface area contributed by atoms with Crippen LogP contribution in [0.25, 0.3) is 0 Å². The molecule has 2 aromatic carbocycles. The molecule has 2 aromatic rings. The quantitative estimate of drug-likeness (QED) is 0.412. The van der Waals surface area contributed by atoms with Gasteiger partial charge in [-0.25, -0.2) is 0 Å². The van der Waals surface area contributed by atoms with E-state index >= 15 is 0 Å². The second-order valence-corrected chi connectivity index (χ2v) is 8.44. The van der Waals surface area contributed by atoms with Gasteiger partial charge in [-0.1, -0.05) is 54.6 Å². The van der Waals surface area contributed by atoms with Crippen molar-refractivity contribution in [3.05, 3.63) is 82.9 Å². The fourth-order valence-corrected chi connectivity index (χ4v) is 3.73. The van der Waals surface area contributed by atoms with E-state index in [-0.39, 0.29) is 16.9 Å². The summed E-state index contributed by atoms with van der Waals surface area (Å²) in [5.74, 6) is -2.74. The third kappa shape index (κ3) is 3.54. The number of nitrogens with two attached hydrogens (primary N) is 1. The van der Waals surface area contributed by atoms with Crippen LogP contribution in [0.3, 0.4) is 0 Å². The third-order valence-corrected chi connectivity index (χ3v) is 6.04. The minimum Gasteiger partial charge on any atom is -0.467 e. The Kier molecular flexibility index (Phi) is 5.36. The molecule has 30 heavy (non-hydrogen) atoms. The summed E-state index contributed by atoms with van der Waals surface area (Å²) in [6.07, 6.45) is 0. The maximum Gasteiger partial charge on any atom is 0.302 e. The Morgan fingerprint density at radius 2 is 1.67 bits per heavy atom. The van der Waals surface area contributed by atoms with E-state index in [1.54, 1.807) is 6.07 Å². The maximum atomic E-state index is 12.9. The minimum absolute atomic E-state index is 0.0226. The summed E-state index contributed by atoms with van der Waals surface area (Å²) >= 11 is 0. The zero-order chi connectivity index (χ0) is 22.3. The van der Waals surface area contributed by atoms with Crippen molar-refractivity contribution in [3.63, 3.8) is 0 Å². The van der Waals surface area contributed by atoms with Crippen molar-refractivity contribution in [2.45, 2.75) is 17.0 Å². The van der Waals surface area contributed by atoms with Crippen molar-refractivity contribution in [1.82, 2.24) is 0 Å². The summed E-state index contributed by atoms with van der Waals surface area (Å²) in [5.41, 5.74) is 4.07. The minimum atomic E-state index is -4.80. The molecule has 0 saturated carbocycles. The van der Waals surface area contributed by atoms with E-state index in [2.05, 4.69) is 0 Å². The van der Waals surface area contributed by atoms with Crippen LogP contribution in [0.4, 0.5) is 0 Å². The number of ketones is 2. The molecule has 1 atom stereocenters. The molecular formula is C19H14B3NO6S. The van der Waals surface area contributed by atoms with Gasteiger partial charge in [0, 0.05) is 5.56 Å². The molecule has 0 aromatic heterocycles. The molecule has 2 N–H and O–H groups in total. The summed E-state index contributed by atoms with van der Waals surface area (Å²) in [5, 5.41) is 0. The van der Waals surface area contributed by atoms with Gasteiger partial charge in [0.1, 0.15) is 7.85 Å². The number of rotatable bonds is 6. The molecule has 6 radical (unpaired) electrons. The summed E-state index contributed by atoms with van der Waals surface area (Å²) in [4.78, 5) is 24.3. The molecule has 11 heteroatoms. The van der Waals surface area contributed by atoms with Crippen LogP contribution in [0.5, 0.6) is 0 Å². The molecule has 0 unspecified atom stereocenters. The van der Waals surface area contributed by atoms with Crippen molar-refractivity contribution in [3.8, 4) is 0 Å². The first kappa shape index (κ1) is 21.8. The lowest BCUT2D eigenvalue weighted by Gasteiger charge is -2.26. The van der Waals surface area contributed by atoms with Gasteiger partial charge in [-0.2, -0.15) is 8.42 Å². The normalized spacial score (nSPS) is 19.4. The van der Waals surface area contributed by atoms with Crippen molar-refractivity contribution in [2.24, 2.45) is 5.73 Å². The summed E-state index contributed by atoms with van der Waals surface area (Å²) in [7, 11) is 12.8. The molecule has 0 aliphatic carbocycles. The topological polar surface area (TPSA) is 113 Å². The average molecular weight is 417 g/mol. The van der Waals surface area contributed by atoms with Gasteiger partial charge >= 0.3 is 10.1 Å². The third-order valence-electron chi connectivity index (χ3n) is 4.59. The molecule has 1 aliphatic rings. The van der Waals surface area contributed by atoms with E-state index in [1.165, 1.54) is 55.5 Å².